The van der Waals surface area contributed by atoms with Crippen molar-refractivity contribution in [1.82, 2.24) is 5.32 Å². The van der Waals surface area contributed by atoms with Gasteiger partial charge in [0.2, 0.25) is 0 Å². The van der Waals surface area contributed by atoms with Crippen LogP contribution in [-0.2, 0) is 16.1 Å². The molecule has 1 fully saturated rings. The Kier molecular flexibility index (Phi) is 8.72. The first-order valence-electron chi connectivity index (χ1n) is 11.0. The lowest BCUT2D eigenvalue weighted by Gasteiger charge is -2.22. The van der Waals surface area contributed by atoms with Gasteiger partial charge < -0.3 is 19.9 Å². The number of rotatable bonds is 10. The van der Waals surface area contributed by atoms with E-state index >= 15 is 0 Å². The second kappa shape index (κ2) is 11.7. The molecule has 3 rings (SSSR count). The van der Waals surface area contributed by atoms with Crippen LogP contribution in [-0.4, -0.2) is 30.3 Å². The molecule has 5 nitrogen and oxygen atoms in total. The zero-order valence-electron chi connectivity index (χ0n) is 17.8. The van der Waals surface area contributed by atoms with Crippen molar-refractivity contribution in [3.05, 3.63) is 65.7 Å². The molecule has 2 N–H and O–H groups in total. The summed E-state index contributed by atoms with van der Waals surface area (Å²) < 4.78 is 11.2. The Morgan fingerprint density at radius 3 is 2.47 bits per heavy atom. The first kappa shape index (κ1) is 22.3. The van der Waals surface area contributed by atoms with Crippen LogP contribution in [0.3, 0.4) is 0 Å². The highest BCUT2D eigenvalue weighted by Gasteiger charge is 2.22. The van der Waals surface area contributed by atoms with Gasteiger partial charge in [-0.15, -0.1) is 0 Å². The van der Waals surface area contributed by atoms with Crippen LogP contribution in [0.2, 0.25) is 0 Å². The van der Waals surface area contributed by atoms with Gasteiger partial charge in [-0.3, -0.25) is 4.79 Å². The minimum absolute atomic E-state index is 0.0733. The van der Waals surface area contributed by atoms with Crippen molar-refractivity contribution >= 4 is 5.97 Å². The lowest BCUT2D eigenvalue weighted by Crippen LogP contribution is -2.35. The molecule has 1 aliphatic carbocycles. The second-order valence-corrected chi connectivity index (χ2v) is 8.03. The zero-order chi connectivity index (χ0) is 21.2. The molecule has 0 heterocycles. The van der Waals surface area contributed by atoms with Crippen LogP contribution in [0.15, 0.2) is 54.6 Å². The van der Waals surface area contributed by atoms with E-state index in [2.05, 4.69) is 5.32 Å². The van der Waals surface area contributed by atoms with Gasteiger partial charge in [-0.1, -0.05) is 61.7 Å². The molecule has 0 spiro atoms. The number of ether oxygens (including phenoxy) is 2. The highest BCUT2D eigenvalue weighted by molar-refractivity contribution is 5.72. The van der Waals surface area contributed by atoms with Gasteiger partial charge in [-0.2, -0.15) is 0 Å². The predicted molar refractivity (Wildman–Crippen MR) is 117 cm³/mol. The van der Waals surface area contributed by atoms with Crippen molar-refractivity contribution in [2.24, 2.45) is 5.92 Å². The molecule has 0 aromatic heterocycles. The van der Waals surface area contributed by atoms with E-state index in [1.54, 1.807) is 0 Å². The van der Waals surface area contributed by atoms with E-state index in [0.717, 1.165) is 42.6 Å². The SMILES string of the molecule is CC(NCCOC(=O)C1CCCCC1)C(O)c1ccc(OCc2ccccc2)cc1. The molecule has 5 heteroatoms. The Morgan fingerprint density at radius 2 is 1.77 bits per heavy atom. The first-order valence-corrected chi connectivity index (χ1v) is 11.0. The van der Waals surface area contributed by atoms with E-state index in [1.807, 2.05) is 61.5 Å². The van der Waals surface area contributed by atoms with Crippen LogP contribution >= 0.6 is 0 Å². The predicted octanol–water partition coefficient (Wildman–Crippen LogP) is 4.40. The van der Waals surface area contributed by atoms with E-state index in [1.165, 1.54) is 6.42 Å². The smallest absolute Gasteiger partial charge is 0.308 e. The van der Waals surface area contributed by atoms with Gasteiger partial charge in [0.25, 0.3) is 0 Å². The molecule has 1 aliphatic rings. The van der Waals surface area contributed by atoms with Crippen molar-refractivity contribution in [2.45, 2.75) is 57.8 Å². The molecular formula is C25H33NO4. The zero-order valence-corrected chi connectivity index (χ0v) is 17.8. The van der Waals surface area contributed by atoms with E-state index < -0.39 is 6.10 Å². The summed E-state index contributed by atoms with van der Waals surface area (Å²) in [6.45, 7) is 3.29. The largest absolute Gasteiger partial charge is 0.489 e. The van der Waals surface area contributed by atoms with Crippen molar-refractivity contribution < 1.29 is 19.4 Å². The minimum atomic E-state index is -0.651. The number of aliphatic hydroxyl groups is 1. The summed E-state index contributed by atoms with van der Waals surface area (Å²) in [5, 5.41) is 13.8. The fourth-order valence-corrected chi connectivity index (χ4v) is 3.80. The molecule has 0 aliphatic heterocycles. The topological polar surface area (TPSA) is 67.8 Å². The molecule has 2 aromatic carbocycles. The molecule has 2 aromatic rings. The summed E-state index contributed by atoms with van der Waals surface area (Å²) >= 11 is 0. The number of aliphatic hydroxyl groups excluding tert-OH is 1. The normalized spacial score (nSPS) is 16.6. The minimum Gasteiger partial charge on any atom is -0.489 e. The summed E-state index contributed by atoms with van der Waals surface area (Å²) in [4.78, 5) is 12.1. The average Bonchev–Trinajstić information content (AvgIpc) is 2.81. The average molecular weight is 412 g/mol. The van der Waals surface area contributed by atoms with E-state index in [-0.39, 0.29) is 17.9 Å². The number of benzene rings is 2. The van der Waals surface area contributed by atoms with Crippen LogP contribution in [0, 0.1) is 5.92 Å². The Bertz CT molecular complexity index is 756. The summed E-state index contributed by atoms with van der Waals surface area (Å²) in [6, 6.07) is 17.4. The molecule has 1 saturated carbocycles. The Labute approximate surface area is 179 Å². The maximum atomic E-state index is 12.1. The van der Waals surface area contributed by atoms with E-state index in [0.29, 0.717) is 19.8 Å². The first-order chi connectivity index (χ1) is 14.6. The van der Waals surface area contributed by atoms with Crippen LogP contribution < -0.4 is 10.1 Å². The highest BCUT2D eigenvalue weighted by atomic mass is 16.5. The highest BCUT2D eigenvalue weighted by Crippen LogP contribution is 2.24. The number of hydrogen-bond donors (Lipinski definition) is 2. The summed E-state index contributed by atoms with van der Waals surface area (Å²) in [7, 11) is 0. The van der Waals surface area contributed by atoms with Crippen molar-refractivity contribution in [3.8, 4) is 5.75 Å². The second-order valence-electron chi connectivity index (χ2n) is 8.03. The number of carbonyl (C=O) groups is 1. The molecule has 0 bridgehead atoms. The van der Waals surface area contributed by atoms with Gasteiger partial charge in [-0.05, 0) is 43.0 Å². The fraction of sp³-hybridized carbons (Fsp3) is 0.480. The van der Waals surface area contributed by atoms with Gasteiger partial charge >= 0.3 is 5.97 Å². The Hall–Kier alpha value is -2.37. The van der Waals surface area contributed by atoms with E-state index in [4.69, 9.17) is 9.47 Å². The third-order valence-electron chi connectivity index (χ3n) is 5.69. The lowest BCUT2D eigenvalue weighted by molar-refractivity contribution is -0.149. The maximum absolute atomic E-state index is 12.1. The number of esters is 1. The number of nitrogens with one attached hydrogen (secondary N) is 1. The molecular weight excluding hydrogens is 378 g/mol. The molecule has 0 amide bonds. The van der Waals surface area contributed by atoms with Gasteiger partial charge in [0, 0.05) is 12.6 Å². The van der Waals surface area contributed by atoms with Crippen LogP contribution in [0.4, 0.5) is 0 Å². The summed E-state index contributed by atoms with van der Waals surface area (Å²) in [6.07, 6.45) is 4.72. The van der Waals surface area contributed by atoms with Crippen molar-refractivity contribution in [2.75, 3.05) is 13.2 Å². The molecule has 30 heavy (non-hydrogen) atoms. The van der Waals surface area contributed by atoms with Gasteiger partial charge in [0.1, 0.15) is 19.0 Å². The van der Waals surface area contributed by atoms with Crippen LogP contribution in [0.25, 0.3) is 0 Å². The molecule has 2 unspecified atom stereocenters. The van der Waals surface area contributed by atoms with Gasteiger partial charge in [-0.25, -0.2) is 0 Å². The number of carbonyl (C=O) groups excluding carboxylic acids is 1. The fourth-order valence-electron chi connectivity index (χ4n) is 3.80. The Morgan fingerprint density at radius 1 is 1.07 bits per heavy atom. The standard InChI is InChI=1S/C25H33NO4/c1-19(26-16-17-29-25(28)22-10-6-3-7-11-22)24(27)21-12-14-23(15-13-21)30-18-20-8-4-2-5-9-20/h2,4-5,8-9,12-15,19,22,24,26-27H,3,6-7,10-11,16-18H2,1H3. The van der Waals surface area contributed by atoms with Crippen molar-refractivity contribution in [3.63, 3.8) is 0 Å². The van der Waals surface area contributed by atoms with Gasteiger partial charge in [0.05, 0.1) is 12.0 Å². The summed E-state index contributed by atoms with van der Waals surface area (Å²) in [5.41, 5.74) is 1.94. The third-order valence-corrected chi connectivity index (χ3v) is 5.69. The third kappa shape index (κ3) is 6.85. The maximum Gasteiger partial charge on any atom is 0.308 e. The molecule has 2 atom stereocenters. The monoisotopic (exact) mass is 411 g/mol. The molecule has 162 valence electrons. The quantitative estimate of drug-likeness (QED) is 0.448. The van der Waals surface area contributed by atoms with Gasteiger partial charge in [0.15, 0.2) is 0 Å². The number of hydrogen-bond acceptors (Lipinski definition) is 5. The van der Waals surface area contributed by atoms with E-state index in [9.17, 15) is 9.90 Å². The Balaban J connectivity index is 1.37. The van der Waals surface area contributed by atoms with Crippen LogP contribution in [0.5, 0.6) is 5.75 Å². The lowest BCUT2D eigenvalue weighted by atomic mass is 9.89. The van der Waals surface area contributed by atoms with Crippen molar-refractivity contribution in [1.29, 1.82) is 0 Å². The van der Waals surface area contributed by atoms with Crippen LogP contribution in [0.1, 0.15) is 56.3 Å². The molecule has 0 saturated heterocycles. The summed E-state index contributed by atoms with van der Waals surface area (Å²) in [5.74, 6) is 0.769. The molecule has 0 radical (unpaired) electrons.